The number of carbonyl (C=O) groups excluding carboxylic acids is 1. The summed E-state index contributed by atoms with van der Waals surface area (Å²) in [6.45, 7) is 5.97. The molecule has 0 spiro atoms. The molecular formula is C18H25N5OS. The lowest BCUT2D eigenvalue weighted by Gasteiger charge is -2.12. The van der Waals surface area contributed by atoms with Crippen LogP contribution in [-0.4, -0.2) is 37.0 Å². The highest BCUT2D eigenvalue weighted by molar-refractivity contribution is 7.09. The molecule has 3 N–H and O–H groups in total. The second kappa shape index (κ2) is 9.78. The lowest BCUT2D eigenvalue weighted by atomic mass is 10.1. The Labute approximate surface area is 152 Å². The Morgan fingerprint density at radius 3 is 2.56 bits per heavy atom. The minimum Gasteiger partial charge on any atom is -0.356 e. The van der Waals surface area contributed by atoms with Crippen molar-refractivity contribution in [3.8, 4) is 0 Å². The molecule has 0 bridgehead atoms. The molecule has 6 nitrogen and oxygen atoms in total. The Kier molecular flexibility index (Phi) is 7.40. The molecular weight excluding hydrogens is 334 g/mol. The molecule has 134 valence electrons. The lowest BCUT2D eigenvalue weighted by Crippen LogP contribution is -2.37. The van der Waals surface area contributed by atoms with Gasteiger partial charge in [-0.15, -0.1) is 11.3 Å². The maximum absolute atomic E-state index is 11.7. The smallest absolute Gasteiger partial charge is 0.251 e. The first kappa shape index (κ1) is 18.9. The van der Waals surface area contributed by atoms with Crippen molar-refractivity contribution in [2.45, 2.75) is 26.8 Å². The van der Waals surface area contributed by atoms with E-state index in [4.69, 9.17) is 0 Å². The summed E-state index contributed by atoms with van der Waals surface area (Å²) in [5.41, 5.74) is 2.86. The standard InChI is InChI=1S/C18H25N5OS/c1-4-20-17(24)15-7-5-14(6-8-15)11-22-18(19-3)21-10-9-16-12-25-13(2)23-16/h5-8,12H,4,9-11H2,1-3H3,(H,20,24)(H2,19,21,22). The average Bonchev–Trinajstić information content (AvgIpc) is 3.04. The summed E-state index contributed by atoms with van der Waals surface area (Å²) in [5, 5.41) is 12.5. The number of amides is 1. The number of aromatic nitrogens is 1. The van der Waals surface area contributed by atoms with E-state index in [2.05, 4.69) is 31.3 Å². The van der Waals surface area contributed by atoms with Crippen molar-refractivity contribution in [1.29, 1.82) is 0 Å². The van der Waals surface area contributed by atoms with Gasteiger partial charge >= 0.3 is 0 Å². The maximum atomic E-state index is 11.7. The minimum absolute atomic E-state index is 0.0447. The normalized spacial score (nSPS) is 11.2. The Hall–Kier alpha value is -2.41. The van der Waals surface area contributed by atoms with Gasteiger partial charge in [0.1, 0.15) is 0 Å². The molecule has 0 aliphatic carbocycles. The number of rotatable bonds is 7. The van der Waals surface area contributed by atoms with Crippen LogP contribution in [0, 0.1) is 6.92 Å². The summed E-state index contributed by atoms with van der Waals surface area (Å²) >= 11 is 1.67. The van der Waals surface area contributed by atoms with Crippen molar-refractivity contribution in [1.82, 2.24) is 20.9 Å². The van der Waals surface area contributed by atoms with Crippen molar-refractivity contribution >= 4 is 23.2 Å². The van der Waals surface area contributed by atoms with Crippen LogP contribution >= 0.6 is 11.3 Å². The summed E-state index contributed by atoms with van der Waals surface area (Å²) < 4.78 is 0. The Morgan fingerprint density at radius 2 is 1.96 bits per heavy atom. The zero-order chi connectivity index (χ0) is 18.1. The maximum Gasteiger partial charge on any atom is 0.251 e. The zero-order valence-electron chi connectivity index (χ0n) is 14.9. The fraction of sp³-hybridized carbons (Fsp3) is 0.389. The van der Waals surface area contributed by atoms with Crippen LogP contribution < -0.4 is 16.0 Å². The van der Waals surface area contributed by atoms with E-state index < -0.39 is 0 Å². The molecule has 0 unspecified atom stereocenters. The van der Waals surface area contributed by atoms with Gasteiger partial charge in [-0.1, -0.05) is 12.1 Å². The van der Waals surface area contributed by atoms with E-state index in [1.807, 2.05) is 38.1 Å². The predicted molar refractivity (Wildman–Crippen MR) is 103 cm³/mol. The summed E-state index contributed by atoms with van der Waals surface area (Å²) in [4.78, 5) is 20.4. The second-order valence-corrected chi connectivity index (χ2v) is 6.58. The van der Waals surface area contributed by atoms with Gasteiger partial charge in [0.25, 0.3) is 5.91 Å². The van der Waals surface area contributed by atoms with Crippen LogP contribution in [0.4, 0.5) is 0 Å². The zero-order valence-corrected chi connectivity index (χ0v) is 15.7. The molecule has 2 rings (SSSR count). The number of hydrogen-bond acceptors (Lipinski definition) is 4. The second-order valence-electron chi connectivity index (χ2n) is 5.52. The molecule has 0 aliphatic rings. The largest absolute Gasteiger partial charge is 0.356 e. The Morgan fingerprint density at radius 1 is 1.20 bits per heavy atom. The first-order valence-electron chi connectivity index (χ1n) is 8.35. The van der Waals surface area contributed by atoms with E-state index in [1.165, 1.54) is 0 Å². The highest BCUT2D eigenvalue weighted by atomic mass is 32.1. The summed E-state index contributed by atoms with van der Waals surface area (Å²) in [7, 11) is 1.75. The Bertz CT molecular complexity index is 709. The van der Waals surface area contributed by atoms with Crippen LogP contribution in [0.15, 0.2) is 34.6 Å². The number of aliphatic imine (C=N–C) groups is 1. The van der Waals surface area contributed by atoms with Crippen molar-refractivity contribution in [3.05, 3.63) is 51.5 Å². The van der Waals surface area contributed by atoms with Gasteiger partial charge in [-0.25, -0.2) is 4.98 Å². The van der Waals surface area contributed by atoms with Gasteiger partial charge in [0, 0.05) is 44.0 Å². The number of carbonyl (C=O) groups is 1. The molecule has 0 aliphatic heterocycles. The predicted octanol–water partition coefficient (Wildman–Crippen LogP) is 2.11. The molecule has 7 heteroatoms. The van der Waals surface area contributed by atoms with Gasteiger partial charge in [-0.05, 0) is 31.5 Å². The van der Waals surface area contributed by atoms with E-state index >= 15 is 0 Å². The Balaban J connectivity index is 1.77. The van der Waals surface area contributed by atoms with Crippen LogP contribution in [0.25, 0.3) is 0 Å². The molecule has 1 heterocycles. The van der Waals surface area contributed by atoms with E-state index in [-0.39, 0.29) is 5.91 Å². The van der Waals surface area contributed by atoms with Crippen LogP contribution in [0.2, 0.25) is 0 Å². The minimum atomic E-state index is -0.0447. The van der Waals surface area contributed by atoms with Crippen molar-refractivity contribution in [3.63, 3.8) is 0 Å². The van der Waals surface area contributed by atoms with E-state index in [0.717, 1.165) is 35.2 Å². The third kappa shape index (κ3) is 6.19. The third-order valence-corrected chi connectivity index (χ3v) is 4.40. The molecule has 2 aromatic rings. The van der Waals surface area contributed by atoms with Gasteiger partial charge < -0.3 is 16.0 Å². The van der Waals surface area contributed by atoms with Crippen LogP contribution in [0.3, 0.4) is 0 Å². The monoisotopic (exact) mass is 359 g/mol. The first-order chi connectivity index (χ1) is 12.1. The number of aryl methyl sites for hydroxylation is 1. The van der Waals surface area contributed by atoms with Crippen LogP contribution in [-0.2, 0) is 13.0 Å². The van der Waals surface area contributed by atoms with Gasteiger partial charge in [-0.2, -0.15) is 0 Å². The SMILES string of the molecule is CCNC(=O)c1ccc(CNC(=NC)NCCc2csc(C)n2)cc1. The number of hydrogen-bond donors (Lipinski definition) is 3. The van der Waals surface area contributed by atoms with E-state index in [9.17, 15) is 4.79 Å². The number of thiazole rings is 1. The molecule has 0 saturated heterocycles. The number of nitrogens with one attached hydrogen (secondary N) is 3. The van der Waals surface area contributed by atoms with Crippen molar-refractivity contribution < 1.29 is 4.79 Å². The molecule has 0 fully saturated rings. The summed E-state index contributed by atoms with van der Waals surface area (Å²) in [6, 6.07) is 7.57. The summed E-state index contributed by atoms with van der Waals surface area (Å²) in [5.74, 6) is 0.705. The third-order valence-electron chi connectivity index (χ3n) is 3.58. The molecule has 1 aromatic heterocycles. The van der Waals surface area contributed by atoms with Crippen molar-refractivity contribution in [2.75, 3.05) is 20.1 Å². The highest BCUT2D eigenvalue weighted by Crippen LogP contribution is 2.07. The molecule has 1 aromatic carbocycles. The molecule has 25 heavy (non-hydrogen) atoms. The lowest BCUT2D eigenvalue weighted by molar-refractivity contribution is 0.0956. The fourth-order valence-corrected chi connectivity index (χ4v) is 2.92. The van der Waals surface area contributed by atoms with Gasteiger partial charge in [-0.3, -0.25) is 9.79 Å². The molecule has 0 radical (unpaired) electrons. The van der Waals surface area contributed by atoms with E-state index in [0.29, 0.717) is 18.7 Å². The average molecular weight is 359 g/mol. The molecule has 0 saturated carbocycles. The topological polar surface area (TPSA) is 78.4 Å². The summed E-state index contributed by atoms with van der Waals surface area (Å²) in [6.07, 6.45) is 0.867. The van der Waals surface area contributed by atoms with Gasteiger partial charge in [0.15, 0.2) is 5.96 Å². The van der Waals surface area contributed by atoms with E-state index in [1.54, 1.807) is 18.4 Å². The van der Waals surface area contributed by atoms with Crippen LogP contribution in [0.1, 0.15) is 33.5 Å². The quantitative estimate of drug-likeness (QED) is 0.523. The van der Waals surface area contributed by atoms with Crippen molar-refractivity contribution in [2.24, 2.45) is 4.99 Å². The van der Waals surface area contributed by atoms with Gasteiger partial charge in [0.05, 0.1) is 10.7 Å². The fourth-order valence-electron chi connectivity index (χ4n) is 2.28. The molecule has 1 amide bonds. The highest BCUT2D eigenvalue weighted by Gasteiger charge is 2.04. The first-order valence-corrected chi connectivity index (χ1v) is 9.23. The van der Waals surface area contributed by atoms with Gasteiger partial charge in [0.2, 0.25) is 0 Å². The van der Waals surface area contributed by atoms with Crippen LogP contribution in [0.5, 0.6) is 0 Å². The molecule has 0 atom stereocenters. The number of guanidine groups is 1. The number of nitrogens with zero attached hydrogens (tertiary/aromatic N) is 2. The number of benzene rings is 1.